The number of rotatable bonds is 4. The molecule has 0 saturated carbocycles. The van der Waals surface area contributed by atoms with Gasteiger partial charge in [-0.15, -0.1) is 0 Å². The van der Waals surface area contributed by atoms with Crippen molar-refractivity contribution in [2.45, 2.75) is 6.18 Å². The largest absolute Gasteiger partial charge is 0.417 e. The molecule has 0 bridgehead atoms. The first-order valence-corrected chi connectivity index (χ1v) is 8.83. The van der Waals surface area contributed by atoms with Crippen LogP contribution in [0.1, 0.15) is 11.1 Å². The lowest BCUT2D eigenvalue weighted by Gasteiger charge is -2.09. The van der Waals surface area contributed by atoms with Crippen LogP contribution in [-0.4, -0.2) is 31.3 Å². The van der Waals surface area contributed by atoms with E-state index in [0.717, 1.165) is 17.8 Å². The van der Waals surface area contributed by atoms with Crippen molar-refractivity contribution < 1.29 is 13.2 Å². The van der Waals surface area contributed by atoms with E-state index in [4.69, 9.17) is 12.2 Å². The zero-order valence-electron chi connectivity index (χ0n) is 14.7. The standard InChI is InChI=1S/C19H13F3N6S/c20-19(21,22)14-9-5-4-8-13(14)11-23-28-17(26-27-18(28)29)16-10-15(24-25-16)12-6-2-1-3-7-12/h1-11H,(H,24,25)(H,27,29)/b23-11-. The van der Waals surface area contributed by atoms with E-state index >= 15 is 0 Å². The SMILES string of the molecule is FC(F)(F)c1ccccc1/C=N\n1c(-c2cc(-c3ccccc3)n[nH]2)n[nH]c1=S. The maximum absolute atomic E-state index is 13.2. The van der Waals surface area contributed by atoms with Gasteiger partial charge >= 0.3 is 6.18 Å². The number of hydrogen-bond acceptors (Lipinski definition) is 4. The third-order valence-corrected chi connectivity index (χ3v) is 4.38. The molecular formula is C19H13F3N6S. The first-order chi connectivity index (χ1) is 13.9. The van der Waals surface area contributed by atoms with Crippen LogP contribution in [0.25, 0.3) is 22.8 Å². The van der Waals surface area contributed by atoms with Gasteiger partial charge in [-0.05, 0) is 24.4 Å². The van der Waals surface area contributed by atoms with Crippen LogP contribution in [0.2, 0.25) is 0 Å². The molecule has 4 rings (SSSR count). The minimum absolute atomic E-state index is 0.0800. The Hall–Kier alpha value is -3.53. The van der Waals surface area contributed by atoms with Gasteiger partial charge in [0.05, 0.1) is 17.5 Å². The van der Waals surface area contributed by atoms with Gasteiger partial charge in [-0.3, -0.25) is 5.10 Å². The van der Waals surface area contributed by atoms with Crippen molar-refractivity contribution in [3.05, 3.63) is 76.6 Å². The molecule has 0 unspecified atom stereocenters. The molecule has 0 aliphatic rings. The number of halogens is 3. The number of aromatic nitrogens is 5. The summed E-state index contributed by atoms with van der Waals surface area (Å²) in [5, 5.41) is 17.9. The molecule has 0 fully saturated rings. The first kappa shape index (κ1) is 18.8. The average molecular weight is 414 g/mol. The van der Waals surface area contributed by atoms with Crippen molar-refractivity contribution in [3.8, 4) is 22.8 Å². The highest BCUT2D eigenvalue weighted by Crippen LogP contribution is 2.31. The molecule has 10 heteroatoms. The Morgan fingerprint density at radius 3 is 2.45 bits per heavy atom. The van der Waals surface area contributed by atoms with E-state index in [1.54, 1.807) is 6.07 Å². The molecule has 4 aromatic rings. The number of alkyl halides is 3. The number of H-pyrrole nitrogens is 2. The molecule has 0 spiro atoms. The van der Waals surface area contributed by atoms with Crippen LogP contribution in [0, 0.1) is 4.77 Å². The molecule has 0 amide bonds. The van der Waals surface area contributed by atoms with Crippen LogP contribution < -0.4 is 0 Å². The number of aromatic amines is 2. The van der Waals surface area contributed by atoms with E-state index in [2.05, 4.69) is 25.5 Å². The van der Waals surface area contributed by atoms with Crippen LogP contribution in [0.3, 0.4) is 0 Å². The molecule has 146 valence electrons. The topological polar surface area (TPSA) is 74.7 Å². The molecule has 2 heterocycles. The van der Waals surface area contributed by atoms with Crippen LogP contribution >= 0.6 is 12.2 Å². The summed E-state index contributed by atoms with van der Waals surface area (Å²) in [5.41, 5.74) is 1.24. The molecule has 0 radical (unpaired) electrons. The number of benzene rings is 2. The maximum Gasteiger partial charge on any atom is 0.417 e. The number of nitrogens with one attached hydrogen (secondary N) is 2. The summed E-state index contributed by atoms with van der Waals surface area (Å²) < 4.78 is 40.9. The Bertz CT molecular complexity index is 1220. The molecular weight excluding hydrogens is 401 g/mol. The molecule has 0 aliphatic carbocycles. The van der Waals surface area contributed by atoms with E-state index in [-0.39, 0.29) is 10.3 Å². The van der Waals surface area contributed by atoms with Gasteiger partial charge in [0, 0.05) is 11.1 Å². The van der Waals surface area contributed by atoms with E-state index < -0.39 is 11.7 Å². The highest BCUT2D eigenvalue weighted by Gasteiger charge is 2.32. The summed E-state index contributed by atoms with van der Waals surface area (Å²) in [6, 6.07) is 16.4. The minimum atomic E-state index is -4.49. The van der Waals surface area contributed by atoms with Gasteiger partial charge in [0.2, 0.25) is 10.6 Å². The number of hydrogen-bond donors (Lipinski definition) is 2. The van der Waals surface area contributed by atoms with Crippen molar-refractivity contribution in [3.63, 3.8) is 0 Å². The van der Waals surface area contributed by atoms with Gasteiger partial charge in [0.25, 0.3) is 0 Å². The predicted octanol–water partition coefficient (Wildman–Crippen LogP) is 4.90. The molecule has 2 aromatic carbocycles. The van der Waals surface area contributed by atoms with Crippen LogP contribution in [-0.2, 0) is 6.18 Å². The number of nitrogens with zero attached hydrogens (tertiary/aromatic N) is 4. The average Bonchev–Trinajstić information content (AvgIpc) is 3.33. The summed E-state index contributed by atoms with van der Waals surface area (Å²) in [6.07, 6.45) is -3.39. The summed E-state index contributed by atoms with van der Waals surface area (Å²) in [7, 11) is 0. The van der Waals surface area contributed by atoms with E-state index in [1.165, 1.54) is 22.9 Å². The van der Waals surface area contributed by atoms with Crippen LogP contribution in [0.15, 0.2) is 65.8 Å². The van der Waals surface area contributed by atoms with Crippen molar-refractivity contribution in [2.24, 2.45) is 5.10 Å². The highest BCUT2D eigenvalue weighted by molar-refractivity contribution is 7.71. The van der Waals surface area contributed by atoms with Crippen LogP contribution in [0.4, 0.5) is 13.2 Å². The lowest BCUT2D eigenvalue weighted by Crippen LogP contribution is -2.09. The third-order valence-electron chi connectivity index (χ3n) is 4.12. The van der Waals surface area contributed by atoms with Crippen molar-refractivity contribution in [1.29, 1.82) is 0 Å². The second-order valence-electron chi connectivity index (χ2n) is 6.03. The van der Waals surface area contributed by atoms with E-state index in [0.29, 0.717) is 17.2 Å². The smallest absolute Gasteiger partial charge is 0.274 e. The van der Waals surface area contributed by atoms with Gasteiger partial charge in [-0.1, -0.05) is 48.5 Å². The second-order valence-corrected chi connectivity index (χ2v) is 6.41. The van der Waals surface area contributed by atoms with Gasteiger partial charge in [-0.25, -0.2) is 5.10 Å². The molecule has 0 aliphatic heterocycles. The lowest BCUT2D eigenvalue weighted by molar-refractivity contribution is -0.137. The van der Waals surface area contributed by atoms with Crippen molar-refractivity contribution in [2.75, 3.05) is 0 Å². The zero-order valence-corrected chi connectivity index (χ0v) is 15.5. The van der Waals surface area contributed by atoms with Gasteiger partial charge in [-0.2, -0.15) is 33.1 Å². The third kappa shape index (κ3) is 3.87. The first-order valence-electron chi connectivity index (χ1n) is 8.42. The Morgan fingerprint density at radius 2 is 1.69 bits per heavy atom. The zero-order chi connectivity index (χ0) is 20.4. The fraction of sp³-hybridized carbons (Fsp3) is 0.0526. The molecule has 6 nitrogen and oxygen atoms in total. The van der Waals surface area contributed by atoms with Gasteiger partial charge in [0.15, 0.2) is 0 Å². The molecule has 0 saturated heterocycles. The molecule has 29 heavy (non-hydrogen) atoms. The minimum Gasteiger partial charge on any atom is -0.274 e. The highest BCUT2D eigenvalue weighted by atomic mass is 32.1. The van der Waals surface area contributed by atoms with Crippen LogP contribution in [0.5, 0.6) is 0 Å². The summed E-state index contributed by atoms with van der Waals surface area (Å²) in [4.78, 5) is 0. The van der Waals surface area contributed by atoms with E-state index in [1.807, 2.05) is 30.3 Å². The second kappa shape index (κ2) is 7.47. The summed E-state index contributed by atoms with van der Waals surface area (Å²) in [6.45, 7) is 0. The molecule has 0 atom stereocenters. The Labute approximate surface area is 167 Å². The fourth-order valence-corrected chi connectivity index (χ4v) is 2.93. The summed E-state index contributed by atoms with van der Waals surface area (Å²) in [5.74, 6) is 0.297. The summed E-state index contributed by atoms with van der Waals surface area (Å²) >= 11 is 5.17. The normalized spacial score (nSPS) is 12.0. The Balaban J connectivity index is 1.71. The monoisotopic (exact) mass is 414 g/mol. The van der Waals surface area contributed by atoms with Crippen molar-refractivity contribution in [1.82, 2.24) is 25.1 Å². The maximum atomic E-state index is 13.2. The fourth-order valence-electron chi connectivity index (χ4n) is 2.75. The lowest BCUT2D eigenvalue weighted by atomic mass is 10.1. The quantitative estimate of drug-likeness (QED) is 0.369. The Morgan fingerprint density at radius 1 is 0.966 bits per heavy atom. The van der Waals surface area contributed by atoms with Gasteiger partial charge in [0.1, 0.15) is 5.69 Å². The molecule has 2 N–H and O–H groups in total. The molecule has 2 aromatic heterocycles. The van der Waals surface area contributed by atoms with Gasteiger partial charge < -0.3 is 0 Å². The predicted molar refractivity (Wildman–Crippen MR) is 105 cm³/mol. The van der Waals surface area contributed by atoms with E-state index in [9.17, 15) is 13.2 Å². The van der Waals surface area contributed by atoms with Crippen molar-refractivity contribution >= 4 is 18.4 Å². The Kier molecular flexibility index (Phi) is 4.85.